The number of aryl methyl sites for hydroxylation is 1. The molecule has 0 aliphatic carbocycles. The van der Waals surface area contributed by atoms with E-state index in [0.717, 1.165) is 9.90 Å². The lowest BCUT2D eigenvalue weighted by atomic mass is 10.1. The Labute approximate surface area is 255 Å². The van der Waals surface area contributed by atoms with Crippen LogP contribution in [0, 0.1) is 6.92 Å². The molecule has 3 N–H and O–H groups in total. The first-order chi connectivity index (χ1) is 19.7. The third-order valence-corrected chi connectivity index (χ3v) is 8.26. The van der Waals surface area contributed by atoms with E-state index in [2.05, 4.69) is 26.1 Å². The first-order valence-corrected chi connectivity index (χ1v) is 14.9. The predicted molar refractivity (Wildman–Crippen MR) is 167 cm³/mol. The largest absolute Gasteiger partial charge is 0.321 e. The van der Waals surface area contributed by atoms with Crippen molar-refractivity contribution in [2.24, 2.45) is 0 Å². The highest BCUT2D eigenvalue weighted by Gasteiger charge is 2.20. The molecule has 0 aliphatic heterocycles. The molecule has 12 heteroatoms. The number of amides is 3. The topological polar surface area (TPSA) is 113 Å². The van der Waals surface area contributed by atoms with Crippen molar-refractivity contribution in [3.8, 4) is 0 Å². The Hall–Kier alpha value is -3.70. The summed E-state index contributed by atoms with van der Waals surface area (Å²) >= 11 is 15.0. The van der Waals surface area contributed by atoms with E-state index in [1.165, 1.54) is 29.2 Å². The number of nitrogens with zero attached hydrogens (tertiary/aromatic N) is 2. The summed E-state index contributed by atoms with van der Waals surface area (Å²) < 4.78 is 0. The molecule has 1 aromatic heterocycles. The van der Waals surface area contributed by atoms with Gasteiger partial charge in [-0.25, -0.2) is 0 Å². The van der Waals surface area contributed by atoms with Crippen molar-refractivity contribution in [1.29, 1.82) is 0 Å². The quantitative estimate of drug-likeness (QED) is 0.128. The summed E-state index contributed by atoms with van der Waals surface area (Å²) in [5, 5.41) is 17.8. The smallest absolute Gasteiger partial charge is 0.272 e. The molecule has 0 bridgehead atoms. The highest BCUT2D eigenvalue weighted by molar-refractivity contribution is 8.00. The Morgan fingerprint density at radius 3 is 2.44 bits per heavy atom. The molecule has 0 radical (unpaired) electrons. The summed E-state index contributed by atoms with van der Waals surface area (Å²) in [5.74, 6) is -1.19. The van der Waals surface area contributed by atoms with Gasteiger partial charge in [0.25, 0.3) is 11.8 Å². The van der Waals surface area contributed by atoms with Gasteiger partial charge in [0.1, 0.15) is 10.7 Å². The zero-order valence-electron chi connectivity index (χ0n) is 22.0. The van der Waals surface area contributed by atoms with E-state index in [9.17, 15) is 14.4 Å². The summed E-state index contributed by atoms with van der Waals surface area (Å²) in [7, 11) is 0. The number of anilines is 2. The van der Waals surface area contributed by atoms with Gasteiger partial charge in [-0.05, 0) is 67.4 Å². The molecular formula is C29H25Cl2N5O3S2. The fourth-order valence-electron chi connectivity index (χ4n) is 3.58. The monoisotopic (exact) mass is 625 g/mol. The summed E-state index contributed by atoms with van der Waals surface area (Å²) in [6, 6.07) is 20.5. The summed E-state index contributed by atoms with van der Waals surface area (Å²) in [6.45, 7) is 3.74. The fourth-order valence-corrected chi connectivity index (χ4v) is 5.65. The average Bonchev–Trinajstić information content (AvgIpc) is 3.37. The van der Waals surface area contributed by atoms with E-state index in [-0.39, 0.29) is 11.6 Å². The minimum Gasteiger partial charge on any atom is -0.321 e. The van der Waals surface area contributed by atoms with Crippen LogP contribution >= 0.6 is 46.3 Å². The molecule has 0 saturated carbocycles. The maximum atomic E-state index is 13.4. The van der Waals surface area contributed by atoms with Crippen LogP contribution in [-0.2, 0) is 9.59 Å². The molecule has 41 heavy (non-hydrogen) atoms. The van der Waals surface area contributed by atoms with Gasteiger partial charge in [-0.1, -0.05) is 71.8 Å². The Morgan fingerprint density at radius 1 is 0.976 bits per heavy atom. The molecule has 4 aromatic rings. The zero-order chi connectivity index (χ0) is 29.4. The third-order valence-electron chi connectivity index (χ3n) is 5.58. The highest BCUT2D eigenvalue weighted by atomic mass is 35.5. The van der Waals surface area contributed by atoms with Gasteiger partial charge in [0.15, 0.2) is 0 Å². The number of nitrogens with one attached hydrogen (secondary N) is 3. The molecule has 0 spiro atoms. The summed E-state index contributed by atoms with van der Waals surface area (Å²) in [6.07, 6.45) is 2.06. The Bertz CT molecular complexity index is 1590. The Kier molecular flexibility index (Phi) is 10.5. The first-order valence-electron chi connectivity index (χ1n) is 12.4. The number of benzene rings is 3. The Morgan fingerprint density at radius 2 is 1.76 bits per heavy atom. The molecule has 0 fully saturated rings. The molecule has 3 amide bonds. The fraction of sp³-hybridized carbons (Fsp3) is 0.138. The van der Waals surface area contributed by atoms with Crippen LogP contribution in [0.5, 0.6) is 0 Å². The minimum absolute atomic E-state index is 0.0145. The van der Waals surface area contributed by atoms with Crippen LogP contribution < -0.4 is 16.0 Å². The maximum absolute atomic E-state index is 13.4. The van der Waals surface area contributed by atoms with Gasteiger partial charge >= 0.3 is 0 Å². The molecule has 210 valence electrons. The first kappa shape index (κ1) is 30.3. The van der Waals surface area contributed by atoms with Gasteiger partial charge < -0.3 is 10.6 Å². The van der Waals surface area contributed by atoms with Crippen molar-refractivity contribution in [2.45, 2.75) is 30.4 Å². The van der Waals surface area contributed by atoms with Crippen molar-refractivity contribution in [2.75, 3.05) is 10.6 Å². The standard InChI is InChI=1S/C29H25Cl2N5O3S2/c1-3-25(28(39)34-29-36-35-17(2)40-29)41-22-11-7-10-21(16-22)32-27(38)24(14-19-12-13-20(30)15-23(19)31)33-26(37)18-8-5-4-6-9-18/h4-16,25H,3H2,1-2H3,(H,32,38)(H,33,37)(H,34,36,39)/b24-14+. The molecule has 0 saturated heterocycles. The second kappa shape index (κ2) is 14.3. The molecular weight excluding hydrogens is 601 g/mol. The lowest BCUT2D eigenvalue weighted by Gasteiger charge is -2.15. The number of halogens is 2. The van der Waals surface area contributed by atoms with Gasteiger partial charge in [0, 0.05) is 26.2 Å². The van der Waals surface area contributed by atoms with Crippen LogP contribution in [0.4, 0.5) is 10.8 Å². The normalized spacial score (nSPS) is 12.0. The van der Waals surface area contributed by atoms with E-state index in [0.29, 0.717) is 38.4 Å². The molecule has 1 heterocycles. The number of hydrogen-bond donors (Lipinski definition) is 3. The zero-order valence-corrected chi connectivity index (χ0v) is 25.1. The van der Waals surface area contributed by atoms with Crippen LogP contribution in [0.25, 0.3) is 6.08 Å². The van der Waals surface area contributed by atoms with Crippen molar-refractivity contribution in [3.63, 3.8) is 0 Å². The van der Waals surface area contributed by atoms with Gasteiger partial charge in [0.05, 0.1) is 5.25 Å². The van der Waals surface area contributed by atoms with E-state index in [1.807, 2.05) is 19.9 Å². The average molecular weight is 627 g/mol. The van der Waals surface area contributed by atoms with Crippen LogP contribution in [0.1, 0.15) is 34.3 Å². The number of hydrogen-bond acceptors (Lipinski definition) is 7. The van der Waals surface area contributed by atoms with Crippen LogP contribution in [0.2, 0.25) is 10.0 Å². The number of rotatable bonds is 10. The molecule has 0 aliphatic rings. The lowest BCUT2D eigenvalue weighted by molar-refractivity contribution is -0.116. The highest BCUT2D eigenvalue weighted by Crippen LogP contribution is 2.29. The SMILES string of the molecule is CCC(Sc1cccc(NC(=O)/C(=C\c2ccc(Cl)cc2Cl)NC(=O)c2ccccc2)c1)C(=O)Nc1nnc(C)s1. The molecule has 3 aromatic carbocycles. The third kappa shape index (κ3) is 8.64. The number of carbonyl (C=O) groups is 3. The Balaban J connectivity index is 1.52. The van der Waals surface area contributed by atoms with Crippen LogP contribution in [0.15, 0.2) is 83.4 Å². The lowest BCUT2D eigenvalue weighted by Crippen LogP contribution is -2.30. The van der Waals surface area contributed by atoms with Gasteiger partial charge in [-0.15, -0.1) is 22.0 Å². The van der Waals surface area contributed by atoms with Crippen LogP contribution in [0.3, 0.4) is 0 Å². The second-order valence-corrected chi connectivity index (χ2v) is 12.0. The second-order valence-electron chi connectivity index (χ2n) is 8.66. The number of carbonyl (C=O) groups excluding carboxylic acids is 3. The van der Waals surface area contributed by atoms with E-state index >= 15 is 0 Å². The van der Waals surface area contributed by atoms with Gasteiger partial charge in [-0.2, -0.15) is 0 Å². The van der Waals surface area contributed by atoms with E-state index in [4.69, 9.17) is 23.2 Å². The van der Waals surface area contributed by atoms with Crippen LogP contribution in [-0.4, -0.2) is 33.2 Å². The summed E-state index contributed by atoms with van der Waals surface area (Å²) in [5.41, 5.74) is 1.36. The predicted octanol–water partition coefficient (Wildman–Crippen LogP) is 7.07. The molecule has 8 nitrogen and oxygen atoms in total. The van der Waals surface area contributed by atoms with Gasteiger partial charge in [0.2, 0.25) is 11.0 Å². The molecule has 4 rings (SSSR count). The summed E-state index contributed by atoms with van der Waals surface area (Å²) in [4.78, 5) is 39.9. The van der Waals surface area contributed by atoms with Crippen molar-refractivity contribution in [3.05, 3.63) is 105 Å². The van der Waals surface area contributed by atoms with Gasteiger partial charge in [-0.3, -0.25) is 19.7 Å². The van der Waals surface area contributed by atoms with Crippen molar-refractivity contribution >= 4 is 80.9 Å². The van der Waals surface area contributed by atoms with E-state index < -0.39 is 17.1 Å². The number of aromatic nitrogens is 2. The van der Waals surface area contributed by atoms with E-state index in [1.54, 1.807) is 66.7 Å². The van der Waals surface area contributed by atoms with Crippen molar-refractivity contribution < 1.29 is 14.4 Å². The van der Waals surface area contributed by atoms with Crippen molar-refractivity contribution in [1.82, 2.24) is 15.5 Å². The maximum Gasteiger partial charge on any atom is 0.272 e. The number of thioether (sulfide) groups is 1. The minimum atomic E-state index is -0.557. The molecule has 1 atom stereocenters. The molecule has 1 unspecified atom stereocenters.